The first-order chi connectivity index (χ1) is 8.22. The standard InChI is InChI=1S/C13H14FN3/c1-9-8-17(12-6-2-10(14)3-7-12)13(15-9)16-11-4-5-11/h2-3,6-8,11H,4-5H2,1H3,(H,15,16). The smallest absolute Gasteiger partial charge is 0.207 e. The Balaban J connectivity index is 1.97. The molecule has 0 radical (unpaired) electrons. The molecule has 0 unspecified atom stereocenters. The molecule has 0 atom stereocenters. The van der Waals surface area contributed by atoms with Crippen LogP contribution in [0.5, 0.6) is 0 Å². The van der Waals surface area contributed by atoms with E-state index >= 15 is 0 Å². The second-order valence-corrected chi connectivity index (χ2v) is 4.47. The van der Waals surface area contributed by atoms with E-state index in [0.717, 1.165) is 17.3 Å². The molecule has 1 aliphatic carbocycles. The van der Waals surface area contributed by atoms with Gasteiger partial charge < -0.3 is 5.32 Å². The molecule has 1 aromatic heterocycles. The minimum absolute atomic E-state index is 0.220. The zero-order valence-corrected chi connectivity index (χ0v) is 9.65. The van der Waals surface area contributed by atoms with Gasteiger partial charge in [0.2, 0.25) is 5.95 Å². The number of imidazole rings is 1. The Labute approximate surface area is 99.3 Å². The molecule has 1 saturated carbocycles. The highest BCUT2D eigenvalue weighted by Gasteiger charge is 2.23. The van der Waals surface area contributed by atoms with Crippen molar-refractivity contribution >= 4 is 5.95 Å². The number of aromatic nitrogens is 2. The summed E-state index contributed by atoms with van der Waals surface area (Å²) >= 11 is 0. The van der Waals surface area contributed by atoms with Crippen molar-refractivity contribution in [2.45, 2.75) is 25.8 Å². The summed E-state index contributed by atoms with van der Waals surface area (Å²) < 4.78 is 14.9. The topological polar surface area (TPSA) is 29.9 Å². The fourth-order valence-electron chi connectivity index (χ4n) is 1.81. The van der Waals surface area contributed by atoms with Gasteiger partial charge in [-0.1, -0.05) is 0 Å². The number of halogens is 1. The predicted octanol–water partition coefficient (Wildman–Crippen LogP) is 2.89. The Bertz CT molecular complexity index is 526. The molecular weight excluding hydrogens is 217 g/mol. The molecule has 1 N–H and O–H groups in total. The maximum atomic E-state index is 12.9. The maximum absolute atomic E-state index is 12.9. The molecule has 88 valence electrons. The zero-order chi connectivity index (χ0) is 11.8. The van der Waals surface area contributed by atoms with E-state index in [2.05, 4.69) is 10.3 Å². The van der Waals surface area contributed by atoms with Crippen LogP contribution < -0.4 is 5.32 Å². The number of hydrogen-bond donors (Lipinski definition) is 1. The van der Waals surface area contributed by atoms with Crippen molar-refractivity contribution in [3.05, 3.63) is 42.0 Å². The monoisotopic (exact) mass is 231 g/mol. The molecule has 0 aliphatic heterocycles. The lowest BCUT2D eigenvalue weighted by Crippen LogP contribution is -2.07. The summed E-state index contributed by atoms with van der Waals surface area (Å²) in [6.45, 7) is 1.96. The van der Waals surface area contributed by atoms with Crippen molar-refractivity contribution in [1.82, 2.24) is 9.55 Å². The van der Waals surface area contributed by atoms with Gasteiger partial charge in [-0.25, -0.2) is 9.37 Å². The van der Waals surface area contributed by atoms with Crippen LogP contribution in [-0.2, 0) is 0 Å². The van der Waals surface area contributed by atoms with Crippen LogP contribution in [-0.4, -0.2) is 15.6 Å². The first-order valence-corrected chi connectivity index (χ1v) is 5.81. The van der Waals surface area contributed by atoms with Crippen molar-refractivity contribution in [1.29, 1.82) is 0 Å². The minimum atomic E-state index is -0.220. The Hall–Kier alpha value is -1.84. The number of benzene rings is 1. The van der Waals surface area contributed by atoms with Gasteiger partial charge in [0.15, 0.2) is 0 Å². The Morgan fingerprint density at radius 2 is 2.00 bits per heavy atom. The molecule has 17 heavy (non-hydrogen) atoms. The molecule has 0 saturated heterocycles. The normalized spacial score (nSPS) is 14.9. The molecule has 3 rings (SSSR count). The third-order valence-electron chi connectivity index (χ3n) is 2.84. The predicted molar refractivity (Wildman–Crippen MR) is 64.9 cm³/mol. The van der Waals surface area contributed by atoms with Gasteiger partial charge in [0, 0.05) is 17.9 Å². The van der Waals surface area contributed by atoms with Crippen molar-refractivity contribution in [2.24, 2.45) is 0 Å². The highest BCUT2D eigenvalue weighted by Crippen LogP contribution is 2.26. The second-order valence-electron chi connectivity index (χ2n) is 4.47. The first kappa shape index (κ1) is 10.3. The molecule has 0 amide bonds. The second kappa shape index (κ2) is 3.87. The van der Waals surface area contributed by atoms with Crippen molar-refractivity contribution in [3.8, 4) is 5.69 Å². The van der Waals surface area contributed by atoms with Gasteiger partial charge in [0.25, 0.3) is 0 Å². The SMILES string of the molecule is Cc1cn(-c2ccc(F)cc2)c(NC2CC2)n1. The molecule has 1 fully saturated rings. The lowest BCUT2D eigenvalue weighted by molar-refractivity contribution is 0.627. The van der Waals surface area contributed by atoms with E-state index < -0.39 is 0 Å². The van der Waals surface area contributed by atoms with Gasteiger partial charge in [0.05, 0.1) is 5.69 Å². The zero-order valence-electron chi connectivity index (χ0n) is 9.65. The van der Waals surface area contributed by atoms with Crippen molar-refractivity contribution in [3.63, 3.8) is 0 Å². The molecule has 1 heterocycles. The van der Waals surface area contributed by atoms with Crippen LogP contribution in [0.25, 0.3) is 5.69 Å². The van der Waals surface area contributed by atoms with Gasteiger partial charge in [-0.05, 0) is 44.0 Å². The number of anilines is 1. The van der Waals surface area contributed by atoms with Crippen LogP contribution in [0.15, 0.2) is 30.5 Å². The largest absolute Gasteiger partial charge is 0.353 e. The highest BCUT2D eigenvalue weighted by atomic mass is 19.1. The van der Waals surface area contributed by atoms with Gasteiger partial charge in [-0.2, -0.15) is 0 Å². The van der Waals surface area contributed by atoms with Crippen LogP contribution in [0, 0.1) is 12.7 Å². The Kier molecular flexibility index (Phi) is 2.35. The number of aryl methyl sites for hydroxylation is 1. The van der Waals surface area contributed by atoms with Crippen LogP contribution in [0.2, 0.25) is 0 Å². The van der Waals surface area contributed by atoms with E-state index in [-0.39, 0.29) is 5.82 Å². The van der Waals surface area contributed by atoms with Crippen LogP contribution in [0.1, 0.15) is 18.5 Å². The summed E-state index contributed by atoms with van der Waals surface area (Å²) in [5, 5.41) is 3.38. The van der Waals surface area contributed by atoms with Crippen LogP contribution in [0.3, 0.4) is 0 Å². The molecule has 0 bridgehead atoms. The highest BCUT2D eigenvalue weighted by molar-refractivity contribution is 5.44. The average molecular weight is 231 g/mol. The minimum Gasteiger partial charge on any atom is -0.353 e. The Morgan fingerprint density at radius 1 is 1.29 bits per heavy atom. The van der Waals surface area contributed by atoms with Gasteiger partial charge in [0.1, 0.15) is 5.82 Å². The summed E-state index contributed by atoms with van der Waals surface area (Å²) in [6.07, 6.45) is 4.36. The Morgan fingerprint density at radius 3 is 2.65 bits per heavy atom. The van der Waals surface area contributed by atoms with E-state index in [1.807, 2.05) is 17.7 Å². The number of nitrogens with zero attached hydrogens (tertiary/aromatic N) is 2. The summed E-state index contributed by atoms with van der Waals surface area (Å²) in [5.41, 5.74) is 1.88. The van der Waals surface area contributed by atoms with E-state index in [1.165, 1.54) is 25.0 Å². The van der Waals surface area contributed by atoms with Crippen LogP contribution >= 0.6 is 0 Å². The third-order valence-corrected chi connectivity index (χ3v) is 2.84. The fourth-order valence-corrected chi connectivity index (χ4v) is 1.81. The van der Waals surface area contributed by atoms with Crippen molar-refractivity contribution in [2.75, 3.05) is 5.32 Å². The van der Waals surface area contributed by atoms with E-state index in [1.54, 1.807) is 12.1 Å². The van der Waals surface area contributed by atoms with Gasteiger partial charge >= 0.3 is 0 Å². The van der Waals surface area contributed by atoms with E-state index in [9.17, 15) is 4.39 Å². The maximum Gasteiger partial charge on any atom is 0.207 e. The molecule has 1 aliphatic rings. The molecule has 1 aromatic carbocycles. The number of hydrogen-bond acceptors (Lipinski definition) is 2. The van der Waals surface area contributed by atoms with Gasteiger partial charge in [-0.3, -0.25) is 4.57 Å². The van der Waals surface area contributed by atoms with E-state index in [0.29, 0.717) is 6.04 Å². The third kappa shape index (κ3) is 2.16. The summed E-state index contributed by atoms with van der Waals surface area (Å²) in [7, 11) is 0. The van der Waals surface area contributed by atoms with Gasteiger partial charge in [-0.15, -0.1) is 0 Å². The quantitative estimate of drug-likeness (QED) is 0.880. The average Bonchev–Trinajstić information content (AvgIpc) is 3.03. The van der Waals surface area contributed by atoms with Crippen LogP contribution in [0.4, 0.5) is 10.3 Å². The number of rotatable bonds is 3. The number of nitrogens with one attached hydrogen (secondary N) is 1. The summed E-state index contributed by atoms with van der Waals surface area (Å²) in [5.74, 6) is 0.624. The molecule has 2 aromatic rings. The van der Waals surface area contributed by atoms with E-state index in [4.69, 9.17) is 0 Å². The fraction of sp³-hybridized carbons (Fsp3) is 0.308. The first-order valence-electron chi connectivity index (χ1n) is 5.81. The lowest BCUT2D eigenvalue weighted by Gasteiger charge is -2.08. The van der Waals surface area contributed by atoms with Crippen molar-refractivity contribution < 1.29 is 4.39 Å². The molecule has 4 heteroatoms. The molecular formula is C13H14FN3. The summed E-state index contributed by atoms with van der Waals surface area (Å²) in [4.78, 5) is 4.45. The molecule has 3 nitrogen and oxygen atoms in total. The lowest BCUT2D eigenvalue weighted by atomic mass is 10.3. The molecule has 0 spiro atoms. The summed E-state index contributed by atoms with van der Waals surface area (Å²) in [6, 6.07) is 7.00.